The number of allylic oxidation sites excluding steroid dienone is 2. The van der Waals surface area contributed by atoms with Crippen LogP contribution in [-0.4, -0.2) is 32.4 Å². The number of hydrogen-bond acceptors (Lipinski definition) is 4. The average molecular weight is 342 g/mol. The van der Waals surface area contributed by atoms with Crippen LogP contribution in [0.1, 0.15) is 29.9 Å². The van der Waals surface area contributed by atoms with Crippen LogP contribution in [-0.2, 0) is 14.8 Å². The molecule has 4 rings (SSSR count). The Morgan fingerprint density at radius 1 is 1.08 bits per heavy atom. The van der Waals surface area contributed by atoms with Crippen LogP contribution in [0.25, 0.3) is 5.57 Å². The van der Waals surface area contributed by atoms with E-state index in [0.717, 1.165) is 42.6 Å². The summed E-state index contributed by atoms with van der Waals surface area (Å²) in [4.78, 5) is 1.72. The third-order valence-corrected chi connectivity index (χ3v) is 5.41. The number of rotatable bonds is 2. The molecule has 0 amide bonds. The molecule has 0 bridgehead atoms. The van der Waals surface area contributed by atoms with Crippen LogP contribution in [0.3, 0.4) is 0 Å². The quantitative estimate of drug-likeness (QED) is 0.829. The molecule has 0 aliphatic carbocycles. The van der Waals surface area contributed by atoms with E-state index in [1.807, 2.05) is 24.3 Å². The van der Waals surface area contributed by atoms with Crippen LogP contribution in [0.5, 0.6) is 0 Å². The monoisotopic (exact) mass is 342 g/mol. The second-order valence-corrected chi connectivity index (χ2v) is 7.54. The summed E-state index contributed by atoms with van der Waals surface area (Å²) in [5.74, 6) is 0.985. The van der Waals surface area contributed by atoms with Crippen molar-refractivity contribution in [3.63, 3.8) is 0 Å². The van der Waals surface area contributed by atoms with Gasteiger partial charge in [0.15, 0.2) is 5.84 Å². The summed E-state index contributed by atoms with van der Waals surface area (Å²) < 4.78 is 32.9. The summed E-state index contributed by atoms with van der Waals surface area (Å²) >= 11 is 0. The van der Waals surface area contributed by atoms with Crippen LogP contribution in [0.15, 0.2) is 58.6 Å². The maximum absolute atomic E-state index is 11.8. The molecule has 3 aliphatic heterocycles. The molecule has 0 atom stereocenters. The Bertz CT molecular complexity index is 858. The maximum Gasteiger partial charge on any atom is 0.278 e. The van der Waals surface area contributed by atoms with Crippen molar-refractivity contribution in [2.24, 2.45) is 4.40 Å². The van der Waals surface area contributed by atoms with E-state index in [9.17, 15) is 8.42 Å². The van der Waals surface area contributed by atoms with Gasteiger partial charge < -0.3 is 9.64 Å². The summed E-state index contributed by atoms with van der Waals surface area (Å²) in [6.45, 7) is 1.64. The largest absolute Gasteiger partial charge is 0.381 e. The van der Waals surface area contributed by atoms with E-state index >= 15 is 0 Å². The van der Waals surface area contributed by atoms with E-state index in [0.29, 0.717) is 11.8 Å². The van der Waals surface area contributed by atoms with Crippen molar-refractivity contribution in [1.82, 2.24) is 4.90 Å². The predicted octanol–water partition coefficient (Wildman–Crippen LogP) is 3.01. The molecule has 1 aromatic rings. The van der Waals surface area contributed by atoms with Crippen LogP contribution in [0, 0.1) is 0 Å². The first-order valence-electron chi connectivity index (χ1n) is 8.01. The predicted molar refractivity (Wildman–Crippen MR) is 93.7 cm³/mol. The van der Waals surface area contributed by atoms with Crippen LogP contribution in [0.4, 0.5) is 0 Å². The lowest BCUT2D eigenvalue weighted by Crippen LogP contribution is -2.27. The topological polar surface area (TPSA) is 59.0 Å². The summed E-state index contributed by atoms with van der Waals surface area (Å²) in [5, 5.41) is 1.11. The number of ether oxygens (including phenoxy) is 1. The maximum atomic E-state index is 11.8. The van der Waals surface area contributed by atoms with Gasteiger partial charge >= 0.3 is 0 Å². The fraction of sp³-hybridized carbons (Fsp3) is 0.278. The zero-order chi connectivity index (χ0) is 16.6. The van der Waals surface area contributed by atoms with Gasteiger partial charge in [0.25, 0.3) is 10.0 Å². The molecule has 0 radical (unpaired) electrons. The van der Waals surface area contributed by atoms with Gasteiger partial charge in [-0.1, -0.05) is 24.3 Å². The van der Waals surface area contributed by atoms with E-state index in [4.69, 9.17) is 4.74 Å². The van der Waals surface area contributed by atoms with Crippen molar-refractivity contribution in [3.05, 3.63) is 65.4 Å². The summed E-state index contributed by atoms with van der Waals surface area (Å²) in [6.07, 6.45) is 9.21. The van der Waals surface area contributed by atoms with Gasteiger partial charge in [-0.05, 0) is 42.0 Å². The molecule has 5 nitrogen and oxygen atoms in total. The highest BCUT2D eigenvalue weighted by Crippen LogP contribution is 2.30. The Hall–Kier alpha value is -2.18. The van der Waals surface area contributed by atoms with Crippen LogP contribution >= 0.6 is 0 Å². The molecular formula is C18H18N2O3S. The first-order chi connectivity index (χ1) is 11.6. The van der Waals surface area contributed by atoms with E-state index in [1.165, 1.54) is 11.8 Å². The van der Waals surface area contributed by atoms with Crippen LogP contribution in [0.2, 0.25) is 0 Å². The Kier molecular flexibility index (Phi) is 3.86. The number of fused-ring (bicyclic) bond motifs is 1. The first-order valence-corrected chi connectivity index (χ1v) is 9.51. The highest BCUT2D eigenvalue weighted by atomic mass is 32.2. The van der Waals surface area contributed by atoms with Crippen molar-refractivity contribution >= 4 is 21.4 Å². The molecule has 0 N–H and O–H groups in total. The molecule has 0 saturated carbocycles. The van der Waals surface area contributed by atoms with Gasteiger partial charge in [0.2, 0.25) is 0 Å². The van der Waals surface area contributed by atoms with Gasteiger partial charge in [-0.15, -0.1) is 4.40 Å². The fourth-order valence-electron chi connectivity index (χ4n) is 3.22. The molecule has 6 heteroatoms. The molecule has 24 heavy (non-hydrogen) atoms. The van der Waals surface area contributed by atoms with Gasteiger partial charge in [0.05, 0.1) is 5.41 Å². The van der Waals surface area contributed by atoms with Gasteiger partial charge in [0, 0.05) is 31.2 Å². The molecule has 3 aliphatic rings. The van der Waals surface area contributed by atoms with Crippen molar-refractivity contribution in [3.8, 4) is 0 Å². The van der Waals surface area contributed by atoms with Crippen molar-refractivity contribution in [2.45, 2.75) is 18.8 Å². The zero-order valence-electron chi connectivity index (χ0n) is 13.1. The normalized spacial score (nSPS) is 22.8. The summed E-state index contributed by atoms with van der Waals surface area (Å²) in [6, 6.07) is 8.34. The van der Waals surface area contributed by atoms with Crippen molar-refractivity contribution in [2.75, 3.05) is 13.2 Å². The van der Waals surface area contributed by atoms with E-state index < -0.39 is 10.0 Å². The average Bonchev–Trinajstić information content (AvgIpc) is 2.61. The number of hydrogen-bond donors (Lipinski definition) is 0. The van der Waals surface area contributed by atoms with Gasteiger partial charge in [0.1, 0.15) is 0 Å². The third kappa shape index (κ3) is 2.95. The first kappa shape index (κ1) is 15.4. The van der Waals surface area contributed by atoms with Crippen LogP contribution < -0.4 is 0 Å². The van der Waals surface area contributed by atoms with Gasteiger partial charge in [-0.2, -0.15) is 8.42 Å². The smallest absolute Gasteiger partial charge is 0.278 e. The molecule has 0 spiro atoms. The standard InChI is InChI=1S/C18H18N2O3S/c21-24(22)13-10-20-9-1-2-17(18(20)19-24)16-5-3-14(4-6-16)15-7-11-23-12-8-15/h1-6,9-10,13,15H,7-8,11-12H2. The van der Waals surface area contributed by atoms with Crippen molar-refractivity contribution < 1.29 is 13.2 Å². The molecule has 1 fully saturated rings. The van der Waals surface area contributed by atoms with E-state index in [-0.39, 0.29) is 0 Å². The highest BCUT2D eigenvalue weighted by Gasteiger charge is 2.24. The minimum atomic E-state index is -3.54. The van der Waals surface area contributed by atoms with Gasteiger partial charge in [-0.3, -0.25) is 0 Å². The lowest BCUT2D eigenvalue weighted by molar-refractivity contribution is 0.0853. The molecule has 124 valence electrons. The second kappa shape index (κ2) is 6.03. The third-order valence-electron chi connectivity index (χ3n) is 4.52. The molecule has 1 saturated heterocycles. The number of nitrogens with zero attached hydrogens (tertiary/aromatic N) is 2. The lowest BCUT2D eigenvalue weighted by Gasteiger charge is -2.26. The SMILES string of the molecule is O=S1(=O)C=CN2C=CC=C(c3ccc(C4CCOCC4)cc3)C2=N1. The number of benzene rings is 1. The zero-order valence-corrected chi connectivity index (χ0v) is 13.9. The highest BCUT2D eigenvalue weighted by molar-refractivity contribution is 7.93. The Morgan fingerprint density at radius 3 is 2.58 bits per heavy atom. The van der Waals surface area contributed by atoms with E-state index in [1.54, 1.807) is 11.1 Å². The Balaban J connectivity index is 1.64. The number of amidine groups is 1. The minimum Gasteiger partial charge on any atom is -0.381 e. The Labute approximate surface area is 141 Å². The minimum absolute atomic E-state index is 0.443. The summed E-state index contributed by atoms with van der Waals surface area (Å²) in [7, 11) is -3.54. The molecule has 0 unspecified atom stereocenters. The van der Waals surface area contributed by atoms with Gasteiger partial charge in [-0.25, -0.2) is 0 Å². The molecular weight excluding hydrogens is 324 g/mol. The Morgan fingerprint density at radius 2 is 1.83 bits per heavy atom. The number of sulfonamides is 1. The fourth-order valence-corrected chi connectivity index (χ4v) is 4.00. The van der Waals surface area contributed by atoms with Crippen molar-refractivity contribution in [1.29, 1.82) is 0 Å². The van der Waals surface area contributed by atoms with E-state index in [2.05, 4.69) is 16.5 Å². The summed E-state index contributed by atoms with van der Waals surface area (Å²) in [5.41, 5.74) is 3.08. The molecule has 0 aromatic heterocycles. The molecule has 1 aromatic carbocycles. The molecule has 3 heterocycles. The lowest BCUT2D eigenvalue weighted by atomic mass is 9.90. The second-order valence-electron chi connectivity index (χ2n) is 6.05.